The summed E-state index contributed by atoms with van der Waals surface area (Å²) >= 11 is 0. The number of amides is 2. The topological polar surface area (TPSA) is 97.4 Å². The summed E-state index contributed by atoms with van der Waals surface area (Å²) < 4.78 is 4.84. The first kappa shape index (κ1) is 14.6. The van der Waals surface area contributed by atoms with Gasteiger partial charge < -0.3 is 20.8 Å². The highest BCUT2D eigenvalue weighted by molar-refractivity contribution is 5.97. The van der Waals surface area contributed by atoms with Gasteiger partial charge in [0, 0.05) is 12.1 Å². The van der Waals surface area contributed by atoms with E-state index in [9.17, 15) is 9.59 Å². The largest absolute Gasteiger partial charge is 0.472 e. The van der Waals surface area contributed by atoms with Crippen LogP contribution >= 0.6 is 0 Å². The van der Waals surface area contributed by atoms with E-state index >= 15 is 0 Å². The fourth-order valence-corrected chi connectivity index (χ4v) is 2.33. The van der Waals surface area contributed by atoms with E-state index in [4.69, 9.17) is 10.2 Å². The molecule has 1 aliphatic carbocycles. The zero-order valence-electron chi connectivity index (χ0n) is 11.6. The Balaban J connectivity index is 1.78. The molecule has 0 saturated heterocycles. The maximum Gasteiger partial charge on any atom is 0.255 e. The first-order chi connectivity index (χ1) is 9.56. The van der Waals surface area contributed by atoms with Gasteiger partial charge in [-0.05, 0) is 38.7 Å². The lowest BCUT2D eigenvalue weighted by molar-refractivity contribution is -0.123. The van der Waals surface area contributed by atoms with Crippen LogP contribution in [-0.4, -0.2) is 29.9 Å². The van der Waals surface area contributed by atoms with Crippen molar-refractivity contribution >= 4 is 11.8 Å². The molecule has 6 heteroatoms. The summed E-state index contributed by atoms with van der Waals surface area (Å²) in [5.74, 6) is -0.477. The predicted molar refractivity (Wildman–Crippen MR) is 74.0 cm³/mol. The lowest BCUT2D eigenvalue weighted by Gasteiger charge is -2.28. The number of rotatable bonds is 4. The van der Waals surface area contributed by atoms with Crippen molar-refractivity contribution in [2.24, 2.45) is 5.73 Å². The second kappa shape index (κ2) is 6.56. The van der Waals surface area contributed by atoms with Crippen molar-refractivity contribution in [3.63, 3.8) is 0 Å². The van der Waals surface area contributed by atoms with E-state index in [2.05, 4.69) is 10.6 Å². The minimum Gasteiger partial charge on any atom is -0.472 e. The Kier molecular flexibility index (Phi) is 4.79. The summed E-state index contributed by atoms with van der Waals surface area (Å²) in [6.07, 6.45) is 6.43. The summed E-state index contributed by atoms with van der Waals surface area (Å²) in [5.41, 5.74) is 6.24. The molecule has 110 valence electrons. The van der Waals surface area contributed by atoms with Crippen LogP contribution in [0.3, 0.4) is 0 Å². The lowest BCUT2D eigenvalue weighted by Crippen LogP contribution is -2.49. The van der Waals surface area contributed by atoms with Crippen molar-refractivity contribution in [2.75, 3.05) is 0 Å². The highest BCUT2D eigenvalue weighted by atomic mass is 16.3. The van der Waals surface area contributed by atoms with Crippen LogP contribution in [0.25, 0.3) is 0 Å². The van der Waals surface area contributed by atoms with Gasteiger partial charge in [0.15, 0.2) is 0 Å². The molecule has 1 saturated carbocycles. The minimum absolute atomic E-state index is 0.163. The van der Waals surface area contributed by atoms with Gasteiger partial charge in [-0.3, -0.25) is 9.59 Å². The first-order valence-electron chi connectivity index (χ1n) is 6.95. The average Bonchev–Trinajstić information content (AvgIpc) is 2.95. The molecule has 1 fully saturated rings. The van der Waals surface area contributed by atoms with Gasteiger partial charge in [-0.25, -0.2) is 0 Å². The van der Waals surface area contributed by atoms with E-state index in [1.54, 1.807) is 13.0 Å². The van der Waals surface area contributed by atoms with Crippen LogP contribution in [0.2, 0.25) is 0 Å². The van der Waals surface area contributed by atoms with Crippen molar-refractivity contribution in [3.05, 3.63) is 24.2 Å². The number of carbonyl (C=O) groups is 2. The van der Waals surface area contributed by atoms with E-state index in [-0.39, 0.29) is 23.9 Å². The van der Waals surface area contributed by atoms with Crippen LogP contribution in [0, 0.1) is 0 Å². The third kappa shape index (κ3) is 3.84. The maximum atomic E-state index is 12.0. The van der Waals surface area contributed by atoms with Crippen molar-refractivity contribution in [1.82, 2.24) is 10.6 Å². The van der Waals surface area contributed by atoms with Gasteiger partial charge in [0.1, 0.15) is 12.3 Å². The number of hydrogen-bond acceptors (Lipinski definition) is 4. The molecule has 1 aromatic rings. The average molecular weight is 279 g/mol. The summed E-state index contributed by atoms with van der Waals surface area (Å²) in [5, 5.41) is 5.60. The fourth-order valence-electron chi connectivity index (χ4n) is 2.33. The molecule has 1 heterocycles. The molecule has 4 N–H and O–H groups in total. The van der Waals surface area contributed by atoms with E-state index in [0.29, 0.717) is 5.56 Å². The van der Waals surface area contributed by atoms with Crippen molar-refractivity contribution in [2.45, 2.75) is 50.7 Å². The van der Waals surface area contributed by atoms with Crippen LogP contribution in [0.1, 0.15) is 43.0 Å². The molecular weight excluding hydrogens is 258 g/mol. The van der Waals surface area contributed by atoms with E-state index in [1.807, 2.05) is 0 Å². The van der Waals surface area contributed by atoms with Crippen molar-refractivity contribution < 1.29 is 14.0 Å². The monoisotopic (exact) mass is 279 g/mol. The number of nitrogens with two attached hydrogens (primary N) is 1. The Morgan fingerprint density at radius 1 is 1.35 bits per heavy atom. The summed E-state index contributed by atoms with van der Waals surface area (Å²) in [7, 11) is 0. The number of carbonyl (C=O) groups excluding carboxylic acids is 2. The molecule has 2 rings (SSSR count). The zero-order valence-corrected chi connectivity index (χ0v) is 11.6. The second-order valence-electron chi connectivity index (χ2n) is 5.33. The molecule has 2 amide bonds. The van der Waals surface area contributed by atoms with Gasteiger partial charge in [-0.1, -0.05) is 0 Å². The Morgan fingerprint density at radius 2 is 2.05 bits per heavy atom. The summed E-state index contributed by atoms with van der Waals surface area (Å²) in [4.78, 5) is 23.8. The van der Waals surface area contributed by atoms with E-state index in [1.165, 1.54) is 12.5 Å². The first-order valence-corrected chi connectivity index (χ1v) is 6.95. The minimum atomic E-state index is -0.576. The molecule has 0 aliphatic heterocycles. The Labute approximate surface area is 118 Å². The lowest BCUT2D eigenvalue weighted by atomic mass is 9.91. The third-order valence-electron chi connectivity index (χ3n) is 3.64. The van der Waals surface area contributed by atoms with Gasteiger partial charge in [-0.2, -0.15) is 0 Å². The number of hydrogen-bond donors (Lipinski definition) is 3. The van der Waals surface area contributed by atoms with Crippen molar-refractivity contribution in [3.8, 4) is 0 Å². The quantitative estimate of drug-likeness (QED) is 0.758. The summed E-state index contributed by atoms with van der Waals surface area (Å²) in [6, 6.07) is 1.40. The SMILES string of the molecule is CC(NC(=O)c1ccoc1)C(=O)NC1CCC(N)CC1. The number of furan rings is 1. The fraction of sp³-hybridized carbons (Fsp3) is 0.571. The molecule has 0 radical (unpaired) electrons. The zero-order chi connectivity index (χ0) is 14.5. The van der Waals surface area contributed by atoms with E-state index in [0.717, 1.165) is 25.7 Å². The van der Waals surface area contributed by atoms with Gasteiger partial charge in [0.05, 0.1) is 11.8 Å². The highest BCUT2D eigenvalue weighted by Gasteiger charge is 2.23. The van der Waals surface area contributed by atoms with Gasteiger partial charge in [0.25, 0.3) is 5.91 Å². The smallest absolute Gasteiger partial charge is 0.255 e. The predicted octanol–water partition coefficient (Wildman–Crippen LogP) is 0.784. The molecule has 20 heavy (non-hydrogen) atoms. The molecule has 1 aromatic heterocycles. The molecule has 0 aromatic carbocycles. The standard InChI is InChI=1S/C14H21N3O3/c1-9(16-14(19)10-6-7-20-8-10)13(18)17-12-4-2-11(15)3-5-12/h6-9,11-12H,2-5,15H2,1H3,(H,16,19)(H,17,18). The molecule has 1 atom stereocenters. The molecule has 6 nitrogen and oxygen atoms in total. The van der Waals surface area contributed by atoms with Crippen LogP contribution < -0.4 is 16.4 Å². The van der Waals surface area contributed by atoms with Crippen LogP contribution in [0.15, 0.2) is 23.0 Å². The Hall–Kier alpha value is -1.82. The van der Waals surface area contributed by atoms with E-state index < -0.39 is 6.04 Å². The third-order valence-corrected chi connectivity index (χ3v) is 3.64. The van der Waals surface area contributed by atoms with Gasteiger partial charge in [0.2, 0.25) is 5.91 Å². The highest BCUT2D eigenvalue weighted by Crippen LogP contribution is 2.16. The molecular formula is C14H21N3O3. The Morgan fingerprint density at radius 3 is 2.65 bits per heavy atom. The van der Waals surface area contributed by atoms with Crippen LogP contribution in [0.4, 0.5) is 0 Å². The molecule has 0 bridgehead atoms. The molecule has 0 spiro atoms. The van der Waals surface area contributed by atoms with Crippen LogP contribution in [-0.2, 0) is 4.79 Å². The van der Waals surface area contributed by atoms with Crippen LogP contribution in [0.5, 0.6) is 0 Å². The number of nitrogens with one attached hydrogen (secondary N) is 2. The normalized spacial score (nSPS) is 23.9. The van der Waals surface area contributed by atoms with Crippen molar-refractivity contribution in [1.29, 1.82) is 0 Å². The maximum absolute atomic E-state index is 12.0. The second-order valence-corrected chi connectivity index (χ2v) is 5.33. The Bertz CT molecular complexity index is 450. The van der Waals surface area contributed by atoms with Gasteiger partial charge >= 0.3 is 0 Å². The molecule has 1 unspecified atom stereocenters. The summed E-state index contributed by atoms with van der Waals surface area (Å²) in [6.45, 7) is 1.67. The van der Waals surface area contributed by atoms with Gasteiger partial charge in [-0.15, -0.1) is 0 Å². The molecule has 1 aliphatic rings.